The highest BCUT2D eigenvalue weighted by Gasteiger charge is 2.11. The first-order valence-electron chi connectivity index (χ1n) is 5.10. The molecule has 0 heterocycles. The van der Waals surface area contributed by atoms with Crippen molar-refractivity contribution in [1.82, 2.24) is 0 Å². The van der Waals surface area contributed by atoms with Crippen molar-refractivity contribution in [3.05, 3.63) is 33.9 Å². The van der Waals surface area contributed by atoms with Crippen LogP contribution in [0.15, 0.2) is 29.9 Å². The highest BCUT2D eigenvalue weighted by atomic mass is 127. The summed E-state index contributed by atoms with van der Waals surface area (Å²) in [6, 6.07) is 3.62. The van der Waals surface area contributed by atoms with Crippen molar-refractivity contribution in [1.29, 1.82) is 0 Å². The average Bonchev–Trinajstić information content (AvgIpc) is 2.29. The van der Waals surface area contributed by atoms with Crippen molar-refractivity contribution < 1.29 is 14.7 Å². The van der Waals surface area contributed by atoms with Gasteiger partial charge in [0.1, 0.15) is 6.61 Å². The second kappa shape index (κ2) is 7.16. The summed E-state index contributed by atoms with van der Waals surface area (Å²) in [5.41, 5.74) is 0.756. The summed E-state index contributed by atoms with van der Waals surface area (Å²) in [4.78, 5) is 0. The SMILES string of the molecule is C=CCOc1c(I)cc(/C=N/O)cc1OCC. The van der Waals surface area contributed by atoms with E-state index < -0.39 is 0 Å². The van der Waals surface area contributed by atoms with E-state index in [0.717, 1.165) is 9.13 Å². The molecule has 0 aliphatic carbocycles. The first-order valence-corrected chi connectivity index (χ1v) is 6.18. The van der Waals surface area contributed by atoms with Crippen LogP contribution in [0.3, 0.4) is 0 Å². The van der Waals surface area contributed by atoms with Gasteiger partial charge in [0.25, 0.3) is 0 Å². The Hall–Kier alpha value is -1.24. The Bertz CT molecular complexity index is 418. The molecule has 0 fully saturated rings. The quantitative estimate of drug-likeness (QED) is 0.283. The zero-order valence-corrected chi connectivity index (χ0v) is 11.7. The van der Waals surface area contributed by atoms with Gasteiger partial charge in [-0.1, -0.05) is 17.8 Å². The van der Waals surface area contributed by atoms with E-state index in [1.807, 2.05) is 13.0 Å². The topological polar surface area (TPSA) is 51.0 Å². The number of halogens is 1. The molecule has 0 saturated heterocycles. The Balaban J connectivity index is 3.12. The van der Waals surface area contributed by atoms with Crippen LogP contribution in [-0.4, -0.2) is 24.6 Å². The molecule has 0 saturated carbocycles. The largest absolute Gasteiger partial charge is 0.490 e. The minimum Gasteiger partial charge on any atom is -0.490 e. The Morgan fingerprint density at radius 3 is 2.82 bits per heavy atom. The third kappa shape index (κ3) is 3.92. The monoisotopic (exact) mass is 347 g/mol. The fourth-order valence-corrected chi connectivity index (χ4v) is 2.06. The fraction of sp³-hybridized carbons (Fsp3) is 0.250. The van der Waals surface area contributed by atoms with E-state index >= 15 is 0 Å². The summed E-state index contributed by atoms with van der Waals surface area (Å²) < 4.78 is 11.9. The third-order valence-electron chi connectivity index (χ3n) is 1.88. The molecule has 0 aliphatic heterocycles. The second-order valence-electron chi connectivity index (χ2n) is 3.11. The Labute approximate surface area is 114 Å². The molecule has 92 valence electrons. The highest BCUT2D eigenvalue weighted by Crippen LogP contribution is 2.33. The Morgan fingerprint density at radius 2 is 2.24 bits per heavy atom. The van der Waals surface area contributed by atoms with E-state index in [0.29, 0.717) is 24.7 Å². The van der Waals surface area contributed by atoms with Gasteiger partial charge in [0.2, 0.25) is 0 Å². The molecule has 0 aromatic heterocycles. The van der Waals surface area contributed by atoms with E-state index in [9.17, 15) is 0 Å². The lowest BCUT2D eigenvalue weighted by Crippen LogP contribution is -2.02. The zero-order chi connectivity index (χ0) is 12.7. The molecule has 0 atom stereocenters. The molecule has 17 heavy (non-hydrogen) atoms. The summed E-state index contributed by atoms with van der Waals surface area (Å²) >= 11 is 2.15. The van der Waals surface area contributed by atoms with Crippen LogP contribution in [0.4, 0.5) is 0 Å². The maximum atomic E-state index is 8.52. The molecule has 0 amide bonds. The van der Waals surface area contributed by atoms with Crippen LogP contribution in [0.1, 0.15) is 12.5 Å². The molecule has 5 heteroatoms. The molecule has 1 aromatic rings. The molecular formula is C12H14INO3. The minimum absolute atomic E-state index is 0.420. The van der Waals surface area contributed by atoms with Gasteiger partial charge >= 0.3 is 0 Å². The minimum atomic E-state index is 0.420. The number of oxime groups is 1. The lowest BCUT2D eigenvalue weighted by Gasteiger charge is -2.13. The van der Waals surface area contributed by atoms with Crippen LogP contribution >= 0.6 is 22.6 Å². The van der Waals surface area contributed by atoms with Crippen LogP contribution in [-0.2, 0) is 0 Å². The number of benzene rings is 1. The van der Waals surface area contributed by atoms with Gasteiger partial charge in [-0.2, -0.15) is 0 Å². The van der Waals surface area contributed by atoms with Crippen molar-refractivity contribution in [2.24, 2.45) is 5.16 Å². The number of hydrogen-bond donors (Lipinski definition) is 1. The molecule has 0 unspecified atom stereocenters. The van der Waals surface area contributed by atoms with Crippen LogP contribution in [0.2, 0.25) is 0 Å². The lowest BCUT2D eigenvalue weighted by atomic mass is 10.2. The molecule has 0 radical (unpaired) electrons. The summed E-state index contributed by atoms with van der Waals surface area (Å²) in [7, 11) is 0. The number of ether oxygens (including phenoxy) is 2. The summed E-state index contributed by atoms with van der Waals surface area (Å²) in [6.07, 6.45) is 3.02. The molecule has 0 bridgehead atoms. The van der Waals surface area contributed by atoms with E-state index in [1.54, 1.807) is 12.1 Å². The van der Waals surface area contributed by atoms with Crippen molar-refractivity contribution in [2.75, 3.05) is 13.2 Å². The third-order valence-corrected chi connectivity index (χ3v) is 2.69. The van der Waals surface area contributed by atoms with Crippen molar-refractivity contribution >= 4 is 28.8 Å². The normalized spacial score (nSPS) is 10.5. The van der Waals surface area contributed by atoms with Gasteiger partial charge in [-0.3, -0.25) is 0 Å². The van der Waals surface area contributed by atoms with Crippen LogP contribution in [0, 0.1) is 3.57 Å². The maximum Gasteiger partial charge on any atom is 0.174 e. The number of rotatable bonds is 6. The predicted octanol–water partition coefficient (Wildman–Crippen LogP) is 3.06. The van der Waals surface area contributed by atoms with E-state index in [-0.39, 0.29) is 0 Å². The average molecular weight is 347 g/mol. The molecule has 0 spiro atoms. The highest BCUT2D eigenvalue weighted by molar-refractivity contribution is 14.1. The summed E-state index contributed by atoms with van der Waals surface area (Å²) in [6.45, 7) is 6.47. The summed E-state index contributed by atoms with van der Waals surface area (Å²) in [5, 5.41) is 11.5. The standard InChI is InChI=1S/C12H14INO3/c1-3-5-17-12-10(13)6-9(8-14-15)7-11(12)16-4-2/h3,6-8,15H,1,4-5H2,2H3/b14-8+. The number of hydrogen-bond acceptors (Lipinski definition) is 4. The van der Waals surface area contributed by atoms with Crippen LogP contribution < -0.4 is 9.47 Å². The first kappa shape index (κ1) is 13.8. The molecule has 1 N–H and O–H groups in total. The Morgan fingerprint density at radius 1 is 1.47 bits per heavy atom. The molecular weight excluding hydrogens is 333 g/mol. The second-order valence-corrected chi connectivity index (χ2v) is 4.27. The van der Waals surface area contributed by atoms with Gasteiger partial charge in [-0.15, -0.1) is 0 Å². The Kier molecular flexibility index (Phi) is 5.82. The number of nitrogens with zero attached hydrogens (tertiary/aromatic N) is 1. The van der Waals surface area contributed by atoms with Gasteiger partial charge in [0, 0.05) is 5.56 Å². The lowest BCUT2D eigenvalue weighted by molar-refractivity contribution is 0.295. The smallest absolute Gasteiger partial charge is 0.174 e. The van der Waals surface area contributed by atoms with Crippen molar-refractivity contribution in [2.45, 2.75) is 6.92 Å². The zero-order valence-electron chi connectivity index (χ0n) is 9.52. The molecule has 4 nitrogen and oxygen atoms in total. The maximum absolute atomic E-state index is 8.52. The van der Waals surface area contributed by atoms with Crippen LogP contribution in [0.5, 0.6) is 11.5 Å². The van der Waals surface area contributed by atoms with Gasteiger partial charge < -0.3 is 14.7 Å². The van der Waals surface area contributed by atoms with E-state index in [2.05, 4.69) is 34.3 Å². The van der Waals surface area contributed by atoms with E-state index in [4.69, 9.17) is 14.7 Å². The van der Waals surface area contributed by atoms with Gasteiger partial charge in [-0.25, -0.2) is 0 Å². The fourth-order valence-electron chi connectivity index (χ4n) is 1.27. The van der Waals surface area contributed by atoms with Crippen LogP contribution in [0.25, 0.3) is 0 Å². The van der Waals surface area contributed by atoms with Crippen molar-refractivity contribution in [3.8, 4) is 11.5 Å². The molecule has 1 aromatic carbocycles. The van der Waals surface area contributed by atoms with Crippen molar-refractivity contribution in [3.63, 3.8) is 0 Å². The molecule has 1 rings (SSSR count). The van der Waals surface area contributed by atoms with Gasteiger partial charge in [-0.05, 0) is 41.6 Å². The van der Waals surface area contributed by atoms with Gasteiger partial charge in [0.15, 0.2) is 11.5 Å². The summed E-state index contributed by atoms with van der Waals surface area (Å²) in [5.74, 6) is 1.32. The van der Waals surface area contributed by atoms with E-state index in [1.165, 1.54) is 6.21 Å². The van der Waals surface area contributed by atoms with Gasteiger partial charge in [0.05, 0.1) is 16.4 Å². The first-order chi connectivity index (χ1) is 8.22. The molecule has 0 aliphatic rings. The predicted molar refractivity (Wildman–Crippen MR) is 75.4 cm³/mol.